The largest absolute Gasteiger partial charge is 0.495 e. The van der Waals surface area contributed by atoms with Crippen molar-refractivity contribution in [3.63, 3.8) is 0 Å². The van der Waals surface area contributed by atoms with Crippen LogP contribution in [0.25, 0.3) is 0 Å². The minimum absolute atomic E-state index is 0.00522. The lowest BCUT2D eigenvalue weighted by Crippen LogP contribution is -2.41. The average molecular weight is 353 g/mol. The maximum absolute atomic E-state index is 12.7. The van der Waals surface area contributed by atoms with E-state index in [1.54, 1.807) is 6.07 Å². The van der Waals surface area contributed by atoms with Crippen molar-refractivity contribution in [2.45, 2.75) is 11.4 Å². The number of halogens is 1. The van der Waals surface area contributed by atoms with Gasteiger partial charge in [0.25, 0.3) is 0 Å². The first kappa shape index (κ1) is 16.7. The molecule has 1 aliphatic heterocycles. The molecule has 1 heterocycles. The third-order valence-electron chi connectivity index (χ3n) is 3.28. The SMILES string of the molecule is COc1c(CN)cc(Cl)cc1S(=O)(=O)N1CCS(=O)CC1. The van der Waals surface area contributed by atoms with Crippen LogP contribution in [0.15, 0.2) is 17.0 Å². The van der Waals surface area contributed by atoms with Gasteiger partial charge in [0.2, 0.25) is 10.0 Å². The molecule has 118 valence electrons. The zero-order chi connectivity index (χ0) is 15.6. The Bertz CT molecular complexity index is 653. The molecule has 0 unspecified atom stereocenters. The predicted molar refractivity (Wildman–Crippen MR) is 82.5 cm³/mol. The van der Waals surface area contributed by atoms with Gasteiger partial charge >= 0.3 is 0 Å². The molecule has 2 rings (SSSR count). The number of hydrogen-bond acceptors (Lipinski definition) is 5. The summed E-state index contributed by atoms with van der Waals surface area (Å²) in [5.74, 6) is 0.895. The quantitative estimate of drug-likeness (QED) is 0.855. The molecular formula is C12H17ClN2O4S2. The number of nitrogens with two attached hydrogens (primary N) is 1. The summed E-state index contributed by atoms with van der Waals surface area (Å²) in [6.45, 7) is 0.571. The van der Waals surface area contributed by atoms with Crippen molar-refractivity contribution in [3.8, 4) is 5.75 Å². The summed E-state index contributed by atoms with van der Waals surface area (Å²) in [6, 6.07) is 2.95. The van der Waals surface area contributed by atoms with E-state index in [9.17, 15) is 12.6 Å². The lowest BCUT2D eigenvalue weighted by atomic mass is 10.2. The fourth-order valence-electron chi connectivity index (χ4n) is 2.20. The van der Waals surface area contributed by atoms with Crippen LogP contribution in [-0.4, -0.2) is 48.6 Å². The summed E-state index contributed by atoms with van der Waals surface area (Å²) >= 11 is 5.98. The predicted octanol–water partition coefficient (Wildman–Crippen LogP) is 0.560. The Kier molecular flexibility index (Phi) is 5.26. The maximum Gasteiger partial charge on any atom is 0.246 e. The lowest BCUT2D eigenvalue weighted by Gasteiger charge is -2.26. The van der Waals surface area contributed by atoms with Gasteiger partial charge in [0.1, 0.15) is 10.6 Å². The number of rotatable bonds is 4. The summed E-state index contributed by atoms with van der Waals surface area (Å²) in [4.78, 5) is 0.00522. The van der Waals surface area contributed by atoms with Gasteiger partial charge < -0.3 is 10.5 Å². The van der Waals surface area contributed by atoms with Crippen molar-refractivity contribution in [2.24, 2.45) is 5.73 Å². The molecule has 0 spiro atoms. The summed E-state index contributed by atoms with van der Waals surface area (Å²) in [5.41, 5.74) is 6.15. The van der Waals surface area contributed by atoms with Crippen LogP contribution in [0.2, 0.25) is 5.02 Å². The Balaban J connectivity index is 2.49. The lowest BCUT2D eigenvalue weighted by molar-refractivity contribution is 0.390. The smallest absolute Gasteiger partial charge is 0.246 e. The molecule has 0 amide bonds. The fourth-order valence-corrected chi connectivity index (χ4v) is 5.45. The molecule has 0 bridgehead atoms. The van der Waals surface area contributed by atoms with E-state index >= 15 is 0 Å². The standard InChI is InChI=1S/C12H17ClN2O4S2/c1-19-12-9(8-14)6-10(13)7-11(12)21(17,18)15-2-4-20(16)5-3-15/h6-7H,2-5,8,14H2,1H3. The third-order valence-corrected chi connectivity index (χ3v) is 6.67. The second-order valence-electron chi connectivity index (χ2n) is 4.55. The van der Waals surface area contributed by atoms with E-state index in [2.05, 4.69) is 0 Å². The van der Waals surface area contributed by atoms with E-state index in [1.165, 1.54) is 17.5 Å². The molecule has 0 aliphatic carbocycles. The molecule has 1 aliphatic rings. The van der Waals surface area contributed by atoms with Crippen LogP contribution in [-0.2, 0) is 27.4 Å². The van der Waals surface area contributed by atoms with Gasteiger partial charge in [-0.05, 0) is 12.1 Å². The van der Waals surface area contributed by atoms with Gasteiger partial charge in [0.05, 0.1) is 7.11 Å². The Hall–Kier alpha value is -0.670. The monoisotopic (exact) mass is 352 g/mol. The van der Waals surface area contributed by atoms with Crippen molar-refractivity contribution in [2.75, 3.05) is 31.7 Å². The van der Waals surface area contributed by atoms with Crippen LogP contribution in [0.4, 0.5) is 0 Å². The number of benzene rings is 1. The molecule has 1 aromatic rings. The Morgan fingerprint density at radius 3 is 2.52 bits per heavy atom. The van der Waals surface area contributed by atoms with E-state index in [-0.39, 0.29) is 35.3 Å². The van der Waals surface area contributed by atoms with Crippen LogP contribution in [0.3, 0.4) is 0 Å². The normalized spacial score (nSPS) is 17.9. The molecule has 0 saturated carbocycles. The van der Waals surface area contributed by atoms with Gasteiger partial charge in [-0.3, -0.25) is 4.21 Å². The number of sulfonamides is 1. The molecule has 0 aromatic heterocycles. The van der Waals surface area contributed by atoms with Crippen molar-refractivity contribution < 1.29 is 17.4 Å². The molecule has 6 nitrogen and oxygen atoms in total. The van der Waals surface area contributed by atoms with Crippen molar-refractivity contribution in [3.05, 3.63) is 22.7 Å². The molecule has 21 heavy (non-hydrogen) atoms. The van der Waals surface area contributed by atoms with Gasteiger partial charge in [-0.15, -0.1) is 0 Å². The Morgan fingerprint density at radius 1 is 1.38 bits per heavy atom. The second kappa shape index (κ2) is 6.62. The van der Waals surface area contributed by atoms with Gasteiger partial charge in [-0.25, -0.2) is 8.42 Å². The van der Waals surface area contributed by atoms with Crippen molar-refractivity contribution >= 4 is 32.4 Å². The maximum atomic E-state index is 12.7. The zero-order valence-corrected chi connectivity index (χ0v) is 13.9. The van der Waals surface area contributed by atoms with Crippen LogP contribution >= 0.6 is 11.6 Å². The molecule has 0 radical (unpaired) electrons. The van der Waals surface area contributed by atoms with E-state index in [0.717, 1.165) is 0 Å². The highest BCUT2D eigenvalue weighted by Gasteiger charge is 2.31. The van der Waals surface area contributed by atoms with Crippen LogP contribution in [0.1, 0.15) is 5.56 Å². The van der Waals surface area contributed by atoms with E-state index < -0.39 is 20.8 Å². The molecule has 9 heteroatoms. The summed E-state index contributed by atoms with van der Waals surface area (Å²) in [5, 5.41) is 0.287. The molecule has 1 fully saturated rings. The zero-order valence-electron chi connectivity index (χ0n) is 11.5. The number of ether oxygens (including phenoxy) is 1. The first-order valence-corrected chi connectivity index (χ1v) is 9.62. The highest BCUT2D eigenvalue weighted by Crippen LogP contribution is 2.33. The first-order valence-electron chi connectivity index (χ1n) is 6.31. The first-order chi connectivity index (χ1) is 9.90. The van der Waals surface area contributed by atoms with Crippen LogP contribution in [0.5, 0.6) is 5.75 Å². The minimum Gasteiger partial charge on any atom is -0.495 e. The minimum atomic E-state index is -3.75. The fraction of sp³-hybridized carbons (Fsp3) is 0.500. The highest BCUT2D eigenvalue weighted by molar-refractivity contribution is 7.89. The van der Waals surface area contributed by atoms with Crippen LogP contribution < -0.4 is 10.5 Å². The topological polar surface area (TPSA) is 89.7 Å². The van der Waals surface area contributed by atoms with Crippen molar-refractivity contribution in [1.82, 2.24) is 4.31 Å². The van der Waals surface area contributed by atoms with E-state index in [0.29, 0.717) is 17.1 Å². The van der Waals surface area contributed by atoms with Crippen molar-refractivity contribution in [1.29, 1.82) is 0 Å². The van der Waals surface area contributed by atoms with Gasteiger partial charge in [-0.2, -0.15) is 4.31 Å². The third kappa shape index (κ3) is 3.40. The summed E-state index contributed by atoms with van der Waals surface area (Å²) in [7, 11) is -3.31. The molecular weight excluding hydrogens is 336 g/mol. The summed E-state index contributed by atoms with van der Waals surface area (Å²) < 4.78 is 43.4. The molecule has 2 N–H and O–H groups in total. The number of hydrogen-bond donors (Lipinski definition) is 1. The molecule has 1 aromatic carbocycles. The Morgan fingerprint density at radius 2 is 2.00 bits per heavy atom. The number of nitrogens with zero attached hydrogens (tertiary/aromatic N) is 1. The van der Waals surface area contributed by atoms with Crippen LogP contribution in [0, 0.1) is 0 Å². The summed E-state index contributed by atoms with van der Waals surface area (Å²) in [6.07, 6.45) is 0. The van der Waals surface area contributed by atoms with Gasteiger partial charge in [0.15, 0.2) is 0 Å². The van der Waals surface area contributed by atoms with E-state index in [1.807, 2.05) is 0 Å². The average Bonchev–Trinajstić information content (AvgIpc) is 2.46. The Labute approximate surface area is 131 Å². The van der Waals surface area contributed by atoms with E-state index in [4.69, 9.17) is 22.1 Å². The molecule has 1 saturated heterocycles. The molecule has 0 atom stereocenters. The second-order valence-corrected chi connectivity index (χ2v) is 8.59. The van der Waals surface area contributed by atoms with Gasteiger partial charge in [0, 0.05) is 52.5 Å². The highest BCUT2D eigenvalue weighted by atomic mass is 35.5. The number of methoxy groups -OCH3 is 1. The van der Waals surface area contributed by atoms with Gasteiger partial charge in [-0.1, -0.05) is 11.6 Å².